The molecule has 0 spiro atoms. The molecule has 0 atom stereocenters. The number of hydrogen-bond acceptors (Lipinski definition) is 2. The van der Waals surface area contributed by atoms with Crippen LogP contribution < -0.4 is 15.4 Å². The van der Waals surface area contributed by atoms with E-state index < -0.39 is 0 Å². The van der Waals surface area contributed by atoms with E-state index >= 15 is 0 Å². The second-order valence-electron chi connectivity index (χ2n) is 5.74. The van der Waals surface area contributed by atoms with Gasteiger partial charge in [-0.15, -0.1) is 0 Å². The fraction of sp³-hybridized carbons (Fsp3) is 0.316. The molecule has 0 bridgehead atoms. The van der Waals surface area contributed by atoms with Crippen LogP contribution in [0.2, 0.25) is 5.02 Å². The second-order valence-corrected chi connectivity index (χ2v) is 6.17. The van der Waals surface area contributed by atoms with Gasteiger partial charge in [0.15, 0.2) is 0 Å². The van der Waals surface area contributed by atoms with Crippen molar-refractivity contribution in [2.45, 2.75) is 27.3 Å². The Morgan fingerprint density at radius 3 is 2.38 bits per heavy atom. The van der Waals surface area contributed by atoms with Crippen molar-refractivity contribution in [2.75, 3.05) is 13.2 Å². The number of carbonyl (C=O) groups is 1. The fourth-order valence-electron chi connectivity index (χ4n) is 2.31. The summed E-state index contributed by atoms with van der Waals surface area (Å²) >= 11 is 5.83. The molecular weight excluding hydrogens is 324 g/mol. The van der Waals surface area contributed by atoms with Crippen molar-refractivity contribution in [2.24, 2.45) is 0 Å². The maximum atomic E-state index is 11.8. The average molecular weight is 347 g/mol. The zero-order valence-electron chi connectivity index (χ0n) is 14.3. The molecule has 2 aromatic rings. The number of nitrogens with one attached hydrogen (secondary N) is 2. The molecule has 0 aliphatic heterocycles. The number of benzene rings is 2. The van der Waals surface area contributed by atoms with Gasteiger partial charge < -0.3 is 15.4 Å². The molecule has 2 amide bonds. The van der Waals surface area contributed by atoms with Crippen LogP contribution in [0.1, 0.15) is 22.3 Å². The molecule has 128 valence electrons. The number of rotatable bonds is 6. The Morgan fingerprint density at radius 2 is 1.67 bits per heavy atom. The van der Waals surface area contributed by atoms with Crippen molar-refractivity contribution >= 4 is 17.6 Å². The van der Waals surface area contributed by atoms with Gasteiger partial charge in [-0.05, 0) is 55.2 Å². The van der Waals surface area contributed by atoms with E-state index in [1.807, 2.05) is 32.0 Å². The summed E-state index contributed by atoms with van der Waals surface area (Å²) in [6.07, 6.45) is 0. The maximum Gasteiger partial charge on any atom is 0.315 e. The molecule has 0 heterocycles. The van der Waals surface area contributed by atoms with E-state index in [2.05, 4.69) is 23.6 Å². The lowest BCUT2D eigenvalue weighted by molar-refractivity contribution is 0.236. The topological polar surface area (TPSA) is 50.4 Å². The lowest BCUT2D eigenvalue weighted by atomic mass is 10.1. The van der Waals surface area contributed by atoms with E-state index in [1.165, 1.54) is 5.56 Å². The van der Waals surface area contributed by atoms with Crippen molar-refractivity contribution in [1.82, 2.24) is 10.6 Å². The van der Waals surface area contributed by atoms with E-state index in [9.17, 15) is 4.79 Å². The first-order valence-corrected chi connectivity index (χ1v) is 8.31. The minimum absolute atomic E-state index is 0.216. The first-order chi connectivity index (χ1) is 11.5. The Labute approximate surface area is 148 Å². The van der Waals surface area contributed by atoms with Crippen molar-refractivity contribution in [3.05, 3.63) is 63.7 Å². The molecule has 0 saturated heterocycles. The Morgan fingerprint density at radius 1 is 1.00 bits per heavy atom. The van der Waals surface area contributed by atoms with Gasteiger partial charge in [0, 0.05) is 11.6 Å². The molecule has 2 rings (SSSR count). The van der Waals surface area contributed by atoms with Gasteiger partial charge in [-0.1, -0.05) is 35.9 Å². The van der Waals surface area contributed by atoms with E-state index in [0.29, 0.717) is 24.7 Å². The third kappa shape index (κ3) is 5.17. The van der Waals surface area contributed by atoms with E-state index in [1.54, 1.807) is 12.1 Å². The smallest absolute Gasteiger partial charge is 0.315 e. The van der Waals surface area contributed by atoms with Gasteiger partial charge in [0.05, 0.1) is 6.54 Å². The highest BCUT2D eigenvalue weighted by Crippen LogP contribution is 2.25. The molecule has 0 fully saturated rings. The highest BCUT2D eigenvalue weighted by atomic mass is 35.5. The summed E-state index contributed by atoms with van der Waals surface area (Å²) < 4.78 is 5.82. The lowest BCUT2D eigenvalue weighted by Crippen LogP contribution is -2.37. The van der Waals surface area contributed by atoms with E-state index in [-0.39, 0.29) is 6.03 Å². The summed E-state index contributed by atoms with van der Waals surface area (Å²) in [5, 5.41) is 6.27. The number of aryl methyl sites for hydroxylation is 2. The molecule has 0 radical (unpaired) electrons. The van der Waals surface area contributed by atoms with Gasteiger partial charge >= 0.3 is 6.03 Å². The zero-order chi connectivity index (χ0) is 17.5. The highest BCUT2D eigenvalue weighted by molar-refractivity contribution is 6.30. The van der Waals surface area contributed by atoms with Crippen LogP contribution in [-0.4, -0.2) is 19.2 Å². The maximum absolute atomic E-state index is 11.8. The van der Waals surface area contributed by atoms with Crippen LogP contribution in [-0.2, 0) is 6.54 Å². The molecular formula is C19H23ClN2O2. The van der Waals surface area contributed by atoms with Gasteiger partial charge in [0.1, 0.15) is 12.4 Å². The van der Waals surface area contributed by atoms with Crippen LogP contribution in [0.5, 0.6) is 5.75 Å². The Hall–Kier alpha value is -2.20. The number of amides is 2. The molecule has 0 saturated carbocycles. The SMILES string of the molecule is Cc1ccc(C)c(OCCNC(=O)NCc2ccc(Cl)cc2)c1C. The van der Waals surface area contributed by atoms with Gasteiger partial charge in [-0.25, -0.2) is 4.79 Å². The molecule has 4 nitrogen and oxygen atoms in total. The molecule has 0 unspecified atom stereocenters. The van der Waals surface area contributed by atoms with Crippen LogP contribution >= 0.6 is 11.6 Å². The summed E-state index contributed by atoms with van der Waals surface area (Å²) in [4.78, 5) is 11.8. The molecule has 2 aromatic carbocycles. The highest BCUT2D eigenvalue weighted by Gasteiger charge is 2.06. The van der Waals surface area contributed by atoms with Crippen LogP contribution in [0, 0.1) is 20.8 Å². The minimum atomic E-state index is -0.216. The van der Waals surface area contributed by atoms with E-state index in [0.717, 1.165) is 22.4 Å². The quantitative estimate of drug-likeness (QED) is 0.772. The Bertz CT molecular complexity index is 699. The minimum Gasteiger partial charge on any atom is -0.491 e. The van der Waals surface area contributed by atoms with Crippen LogP contribution in [0.25, 0.3) is 0 Å². The molecule has 0 aromatic heterocycles. The first kappa shape index (κ1) is 18.1. The van der Waals surface area contributed by atoms with Crippen LogP contribution in [0.15, 0.2) is 36.4 Å². The first-order valence-electron chi connectivity index (χ1n) is 7.93. The number of carbonyl (C=O) groups excluding carboxylic acids is 1. The largest absolute Gasteiger partial charge is 0.491 e. The lowest BCUT2D eigenvalue weighted by Gasteiger charge is -2.14. The summed E-state index contributed by atoms with van der Waals surface area (Å²) in [6, 6.07) is 11.3. The fourth-order valence-corrected chi connectivity index (χ4v) is 2.44. The molecule has 2 N–H and O–H groups in total. The van der Waals surface area contributed by atoms with Gasteiger partial charge in [-0.2, -0.15) is 0 Å². The summed E-state index contributed by atoms with van der Waals surface area (Å²) in [5.74, 6) is 0.901. The molecule has 0 aliphatic rings. The number of ether oxygens (including phenoxy) is 1. The number of halogens is 1. The van der Waals surface area contributed by atoms with Crippen molar-refractivity contribution < 1.29 is 9.53 Å². The van der Waals surface area contributed by atoms with Crippen molar-refractivity contribution in [3.8, 4) is 5.75 Å². The van der Waals surface area contributed by atoms with E-state index in [4.69, 9.17) is 16.3 Å². The van der Waals surface area contributed by atoms with Gasteiger partial charge in [0.2, 0.25) is 0 Å². The normalized spacial score (nSPS) is 10.3. The standard InChI is InChI=1S/C19H23ClN2O2/c1-13-4-5-14(2)18(15(13)3)24-11-10-21-19(23)22-12-16-6-8-17(20)9-7-16/h4-9H,10-12H2,1-3H3,(H2,21,22,23). The number of urea groups is 1. The molecule has 0 aliphatic carbocycles. The van der Waals surface area contributed by atoms with Crippen molar-refractivity contribution in [3.63, 3.8) is 0 Å². The predicted octanol–water partition coefficient (Wildman–Crippen LogP) is 4.14. The third-order valence-electron chi connectivity index (χ3n) is 3.87. The van der Waals surface area contributed by atoms with Crippen molar-refractivity contribution in [1.29, 1.82) is 0 Å². The predicted molar refractivity (Wildman–Crippen MR) is 97.8 cm³/mol. The zero-order valence-corrected chi connectivity index (χ0v) is 15.0. The Kier molecular flexibility index (Phi) is 6.50. The monoisotopic (exact) mass is 346 g/mol. The average Bonchev–Trinajstić information content (AvgIpc) is 2.57. The summed E-state index contributed by atoms with van der Waals surface area (Å²) in [6.45, 7) is 7.46. The summed E-state index contributed by atoms with van der Waals surface area (Å²) in [7, 11) is 0. The van der Waals surface area contributed by atoms with Gasteiger partial charge in [-0.3, -0.25) is 0 Å². The third-order valence-corrected chi connectivity index (χ3v) is 4.13. The van der Waals surface area contributed by atoms with Crippen LogP contribution in [0.4, 0.5) is 4.79 Å². The molecule has 24 heavy (non-hydrogen) atoms. The summed E-state index contributed by atoms with van der Waals surface area (Å²) in [5.41, 5.74) is 4.44. The number of hydrogen-bond donors (Lipinski definition) is 2. The Balaban J connectivity index is 1.71. The van der Waals surface area contributed by atoms with Crippen LogP contribution in [0.3, 0.4) is 0 Å². The second kappa shape index (κ2) is 8.60. The molecule has 5 heteroatoms. The van der Waals surface area contributed by atoms with Gasteiger partial charge in [0.25, 0.3) is 0 Å².